The van der Waals surface area contributed by atoms with E-state index in [4.69, 9.17) is 9.47 Å². The van der Waals surface area contributed by atoms with Crippen LogP contribution in [0.15, 0.2) is 30.3 Å². The predicted octanol–water partition coefficient (Wildman–Crippen LogP) is 2.65. The van der Waals surface area contributed by atoms with Crippen molar-refractivity contribution in [2.75, 3.05) is 33.7 Å². The number of likely N-dealkylation sites (N-methyl/N-ethyl adjacent to an activating group) is 2. The average molecular weight is 451 g/mol. The number of benzene rings is 1. The molecule has 0 heterocycles. The first-order valence-corrected chi connectivity index (χ1v) is 11.0. The van der Waals surface area contributed by atoms with Crippen LogP contribution in [0.25, 0.3) is 0 Å². The van der Waals surface area contributed by atoms with Crippen molar-refractivity contribution in [3.8, 4) is 0 Å². The molecule has 0 saturated heterocycles. The summed E-state index contributed by atoms with van der Waals surface area (Å²) < 4.78 is 10.5. The number of amides is 3. The van der Waals surface area contributed by atoms with Gasteiger partial charge in [0.1, 0.15) is 18.2 Å². The largest absolute Gasteiger partial charge is 0.445 e. The zero-order chi connectivity index (χ0) is 24.0. The van der Waals surface area contributed by atoms with Crippen LogP contribution in [0.3, 0.4) is 0 Å². The molecule has 1 aromatic carbocycles. The topological polar surface area (TPSA) is 109 Å². The Labute approximate surface area is 191 Å². The zero-order valence-corrected chi connectivity index (χ0v) is 19.9. The van der Waals surface area contributed by atoms with Gasteiger partial charge in [-0.1, -0.05) is 30.3 Å². The van der Waals surface area contributed by atoms with Crippen molar-refractivity contribution in [2.24, 2.45) is 0 Å². The Morgan fingerprint density at radius 3 is 2.34 bits per heavy atom. The van der Waals surface area contributed by atoms with Gasteiger partial charge in [0.25, 0.3) is 0 Å². The smallest absolute Gasteiger partial charge is 0.408 e. The molecule has 32 heavy (non-hydrogen) atoms. The molecule has 0 unspecified atom stereocenters. The molecule has 0 aliphatic carbocycles. The molecular weight excluding hydrogens is 412 g/mol. The van der Waals surface area contributed by atoms with Crippen molar-refractivity contribution in [2.45, 2.75) is 58.3 Å². The summed E-state index contributed by atoms with van der Waals surface area (Å²) in [5, 5.41) is 8.39. The molecule has 3 N–H and O–H groups in total. The van der Waals surface area contributed by atoms with E-state index in [1.807, 2.05) is 37.4 Å². The zero-order valence-electron chi connectivity index (χ0n) is 19.9. The van der Waals surface area contributed by atoms with Gasteiger partial charge in [-0.2, -0.15) is 0 Å². The van der Waals surface area contributed by atoms with Gasteiger partial charge in [-0.05, 0) is 52.6 Å². The molecule has 9 nitrogen and oxygen atoms in total. The third-order valence-electron chi connectivity index (χ3n) is 4.46. The molecule has 1 atom stereocenters. The molecule has 180 valence electrons. The van der Waals surface area contributed by atoms with E-state index < -0.39 is 23.8 Å². The lowest BCUT2D eigenvalue weighted by atomic mass is 10.1. The molecule has 1 rings (SSSR count). The van der Waals surface area contributed by atoms with Crippen molar-refractivity contribution in [3.05, 3.63) is 35.9 Å². The molecule has 0 aliphatic rings. The summed E-state index contributed by atoms with van der Waals surface area (Å²) in [4.78, 5) is 38.4. The van der Waals surface area contributed by atoms with E-state index in [9.17, 15) is 14.4 Å². The fraction of sp³-hybridized carbons (Fsp3) is 0.609. The Morgan fingerprint density at radius 1 is 1.03 bits per heavy atom. The summed E-state index contributed by atoms with van der Waals surface area (Å²) in [5.74, 6) is -0.183. The van der Waals surface area contributed by atoms with Crippen molar-refractivity contribution >= 4 is 18.1 Å². The Hall–Kier alpha value is -2.81. The highest BCUT2D eigenvalue weighted by molar-refractivity contribution is 5.85. The van der Waals surface area contributed by atoms with Crippen LogP contribution < -0.4 is 16.0 Å². The van der Waals surface area contributed by atoms with E-state index in [1.54, 1.807) is 32.7 Å². The van der Waals surface area contributed by atoms with Crippen molar-refractivity contribution in [3.63, 3.8) is 0 Å². The molecule has 0 aromatic heterocycles. The molecule has 0 saturated carbocycles. The number of carbonyl (C=O) groups is 3. The second kappa shape index (κ2) is 14.3. The fourth-order valence-corrected chi connectivity index (χ4v) is 2.80. The van der Waals surface area contributed by atoms with Crippen LogP contribution in [-0.2, 0) is 20.9 Å². The van der Waals surface area contributed by atoms with Gasteiger partial charge >= 0.3 is 12.2 Å². The summed E-state index contributed by atoms with van der Waals surface area (Å²) >= 11 is 0. The van der Waals surface area contributed by atoms with E-state index in [1.165, 1.54) is 0 Å². The summed E-state index contributed by atoms with van der Waals surface area (Å²) in [6, 6.07) is 8.63. The Balaban J connectivity index is 2.53. The number of alkyl carbamates (subject to hydrolysis) is 2. The highest BCUT2D eigenvalue weighted by atomic mass is 16.6. The SMILES string of the molecule is CNCCN(C)C(=O)[C@H](CCCCNC(=O)OC(C)(C)C)NC(=O)OCc1ccccc1. The number of hydrogen-bond donors (Lipinski definition) is 3. The van der Waals surface area contributed by atoms with Crippen LogP contribution in [0.2, 0.25) is 0 Å². The number of rotatable bonds is 12. The Bertz CT molecular complexity index is 706. The maximum Gasteiger partial charge on any atom is 0.408 e. The van der Waals surface area contributed by atoms with Gasteiger partial charge in [0.05, 0.1) is 0 Å². The first kappa shape index (κ1) is 27.2. The summed E-state index contributed by atoms with van der Waals surface area (Å²) in [5.41, 5.74) is 0.314. The lowest BCUT2D eigenvalue weighted by Crippen LogP contribution is -2.48. The molecular formula is C23H38N4O5. The standard InChI is InChI=1S/C23H38N4O5/c1-23(2,3)32-21(29)25-14-10-9-13-19(20(28)27(5)16-15-24-4)26-22(30)31-17-18-11-7-6-8-12-18/h6-8,11-12,19,24H,9-10,13-17H2,1-5H3,(H,25,29)(H,26,30)/t19-/m0/s1. The monoisotopic (exact) mass is 450 g/mol. The number of hydrogen-bond acceptors (Lipinski definition) is 6. The second-order valence-electron chi connectivity index (χ2n) is 8.55. The third kappa shape index (κ3) is 12.1. The van der Waals surface area contributed by atoms with Crippen LogP contribution in [0.1, 0.15) is 45.6 Å². The van der Waals surface area contributed by atoms with Gasteiger partial charge in [0.15, 0.2) is 0 Å². The number of nitrogens with one attached hydrogen (secondary N) is 3. The number of ether oxygens (including phenoxy) is 2. The molecule has 0 fully saturated rings. The third-order valence-corrected chi connectivity index (χ3v) is 4.46. The minimum atomic E-state index is -0.707. The summed E-state index contributed by atoms with van der Waals surface area (Å²) in [7, 11) is 3.51. The van der Waals surface area contributed by atoms with E-state index in [0.29, 0.717) is 38.9 Å². The van der Waals surface area contributed by atoms with Gasteiger partial charge in [0, 0.05) is 26.7 Å². The van der Waals surface area contributed by atoms with Crippen molar-refractivity contribution in [1.82, 2.24) is 20.9 Å². The summed E-state index contributed by atoms with van der Waals surface area (Å²) in [6.07, 6.45) is 0.592. The Morgan fingerprint density at radius 2 is 1.72 bits per heavy atom. The van der Waals surface area contributed by atoms with E-state index in [-0.39, 0.29) is 12.5 Å². The minimum absolute atomic E-state index is 0.128. The van der Waals surface area contributed by atoms with Crippen LogP contribution in [0.4, 0.5) is 9.59 Å². The van der Waals surface area contributed by atoms with E-state index in [2.05, 4.69) is 16.0 Å². The molecule has 1 aromatic rings. The van der Waals surface area contributed by atoms with Crippen LogP contribution >= 0.6 is 0 Å². The van der Waals surface area contributed by atoms with Gasteiger partial charge in [-0.15, -0.1) is 0 Å². The predicted molar refractivity (Wildman–Crippen MR) is 123 cm³/mol. The van der Waals surface area contributed by atoms with Crippen LogP contribution in [0, 0.1) is 0 Å². The van der Waals surface area contributed by atoms with Crippen LogP contribution in [-0.4, -0.2) is 68.4 Å². The lowest BCUT2D eigenvalue weighted by Gasteiger charge is -2.24. The lowest BCUT2D eigenvalue weighted by molar-refractivity contribution is -0.132. The highest BCUT2D eigenvalue weighted by Crippen LogP contribution is 2.08. The fourth-order valence-electron chi connectivity index (χ4n) is 2.80. The van der Waals surface area contributed by atoms with Crippen LogP contribution in [0.5, 0.6) is 0 Å². The highest BCUT2D eigenvalue weighted by Gasteiger charge is 2.24. The molecule has 9 heteroatoms. The second-order valence-corrected chi connectivity index (χ2v) is 8.55. The maximum atomic E-state index is 12.8. The molecule has 0 spiro atoms. The van der Waals surface area contributed by atoms with Crippen molar-refractivity contribution < 1.29 is 23.9 Å². The van der Waals surface area contributed by atoms with Crippen molar-refractivity contribution in [1.29, 1.82) is 0 Å². The number of nitrogens with zero attached hydrogens (tertiary/aromatic N) is 1. The van der Waals surface area contributed by atoms with Gasteiger partial charge < -0.3 is 30.3 Å². The quantitative estimate of drug-likeness (QED) is 0.423. The number of unbranched alkanes of at least 4 members (excludes halogenated alkanes) is 1. The molecule has 0 radical (unpaired) electrons. The maximum absolute atomic E-state index is 12.8. The summed E-state index contributed by atoms with van der Waals surface area (Å²) in [6.45, 7) is 7.12. The van der Waals surface area contributed by atoms with E-state index in [0.717, 1.165) is 5.56 Å². The Kier molecular flexibility index (Phi) is 12.2. The molecule has 0 aliphatic heterocycles. The average Bonchev–Trinajstić information content (AvgIpc) is 2.74. The first-order valence-electron chi connectivity index (χ1n) is 11.0. The van der Waals surface area contributed by atoms with E-state index >= 15 is 0 Å². The molecule has 3 amide bonds. The van der Waals surface area contributed by atoms with Gasteiger partial charge in [-0.3, -0.25) is 4.79 Å². The van der Waals surface area contributed by atoms with Gasteiger partial charge in [-0.25, -0.2) is 9.59 Å². The van der Waals surface area contributed by atoms with Gasteiger partial charge in [0.2, 0.25) is 5.91 Å². The first-order chi connectivity index (χ1) is 15.1. The molecule has 0 bridgehead atoms. The minimum Gasteiger partial charge on any atom is -0.445 e. The number of carbonyl (C=O) groups excluding carboxylic acids is 3. The normalized spacial score (nSPS) is 11.9.